The molecule has 1 amide bonds. The Morgan fingerprint density at radius 1 is 1.19 bits per heavy atom. The quantitative estimate of drug-likeness (QED) is 0.553. The number of rotatable bonds is 7. The smallest absolute Gasteiger partial charge is 0.289 e. The zero-order valence-corrected chi connectivity index (χ0v) is 15.8. The van der Waals surface area contributed by atoms with E-state index in [0.29, 0.717) is 0 Å². The van der Waals surface area contributed by atoms with Crippen LogP contribution in [0.4, 0.5) is 5.69 Å². The first kappa shape index (κ1) is 20.3. The van der Waals surface area contributed by atoms with Crippen LogP contribution in [0.2, 0.25) is 0 Å². The zero-order valence-electron chi connectivity index (χ0n) is 15.0. The van der Waals surface area contributed by atoms with Gasteiger partial charge in [0.1, 0.15) is 6.04 Å². The van der Waals surface area contributed by atoms with Crippen LogP contribution in [0.1, 0.15) is 46.0 Å². The monoisotopic (exact) mass is 383 g/mol. The molecule has 1 atom stereocenters. The predicted octanol–water partition coefficient (Wildman–Crippen LogP) is 2.35. The van der Waals surface area contributed by atoms with E-state index in [9.17, 15) is 23.3 Å². The standard InChI is InChI=1S/C17H25N3O5S/c1-12(2)16(17(21)18-13-8-4-3-5-9-13)19-26(24,25)15-11-7-6-10-14(15)20(22)23/h6-7,10-13,16,19H,3-5,8-9H2,1-2H3,(H,18,21). The molecule has 1 unspecified atom stereocenters. The number of benzene rings is 1. The maximum absolute atomic E-state index is 12.7. The lowest BCUT2D eigenvalue weighted by Gasteiger charge is -2.27. The Labute approximate surface area is 153 Å². The number of hydrogen-bond donors (Lipinski definition) is 2. The fourth-order valence-electron chi connectivity index (χ4n) is 3.10. The van der Waals surface area contributed by atoms with E-state index in [1.54, 1.807) is 13.8 Å². The topological polar surface area (TPSA) is 118 Å². The molecule has 0 radical (unpaired) electrons. The molecule has 1 saturated carbocycles. The molecule has 1 aromatic rings. The number of para-hydroxylation sites is 1. The Hall–Kier alpha value is -2.00. The van der Waals surface area contributed by atoms with E-state index < -0.39 is 37.5 Å². The van der Waals surface area contributed by atoms with Crippen LogP contribution in [0.3, 0.4) is 0 Å². The highest BCUT2D eigenvalue weighted by Gasteiger charge is 2.33. The molecule has 1 aliphatic carbocycles. The first-order valence-electron chi connectivity index (χ1n) is 8.78. The van der Waals surface area contributed by atoms with Gasteiger partial charge in [0.2, 0.25) is 15.9 Å². The Morgan fingerprint density at radius 3 is 2.38 bits per heavy atom. The summed E-state index contributed by atoms with van der Waals surface area (Å²) in [6, 6.07) is 4.15. The Kier molecular flexibility index (Phi) is 6.71. The zero-order chi connectivity index (χ0) is 19.3. The van der Waals surface area contributed by atoms with Gasteiger partial charge in [-0.25, -0.2) is 8.42 Å². The SMILES string of the molecule is CC(C)C(NS(=O)(=O)c1ccccc1[N+](=O)[O-])C(=O)NC1CCCCC1. The van der Waals surface area contributed by atoms with Crippen LogP contribution < -0.4 is 10.0 Å². The highest BCUT2D eigenvalue weighted by Crippen LogP contribution is 2.24. The van der Waals surface area contributed by atoms with E-state index in [1.807, 2.05) is 0 Å². The van der Waals surface area contributed by atoms with E-state index in [-0.39, 0.29) is 12.0 Å². The Bertz CT molecular complexity index is 757. The van der Waals surface area contributed by atoms with Crippen molar-refractivity contribution in [1.29, 1.82) is 0 Å². The molecular weight excluding hydrogens is 358 g/mol. The number of nitrogens with zero attached hydrogens (tertiary/aromatic N) is 1. The third kappa shape index (κ3) is 5.01. The molecule has 0 spiro atoms. The average molecular weight is 383 g/mol. The minimum atomic E-state index is -4.22. The number of carbonyl (C=O) groups excluding carboxylic acids is 1. The van der Waals surface area contributed by atoms with Crippen LogP contribution in [0, 0.1) is 16.0 Å². The van der Waals surface area contributed by atoms with E-state index >= 15 is 0 Å². The minimum Gasteiger partial charge on any atom is -0.352 e. The molecule has 0 heterocycles. The van der Waals surface area contributed by atoms with Crippen LogP contribution in [-0.4, -0.2) is 31.3 Å². The van der Waals surface area contributed by atoms with Crippen molar-refractivity contribution in [2.45, 2.75) is 62.9 Å². The van der Waals surface area contributed by atoms with E-state index in [0.717, 1.165) is 44.2 Å². The predicted molar refractivity (Wildman–Crippen MR) is 97.1 cm³/mol. The summed E-state index contributed by atoms with van der Waals surface area (Å²) in [7, 11) is -4.22. The average Bonchev–Trinajstić information content (AvgIpc) is 2.60. The first-order chi connectivity index (χ1) is 12.2. The molecule has 9 heteroatoms. The van der Waals surface area contributed by atoms with Crippen molar-refractivity contribution >= 4 is 21.6 Å². The van der Waals surface area contributed by atoms with Crippen LogP contribution in [0.25, 0.3) is 0 Å². The molecule has 1 aliphatic rings. The summed E-state index contributed by atoms with van der Waals surface area (Å²) in [6.07, 6.45) is 4.99. The van der Waals surface area contributed by atoms with Crippen LogP contribution in [0.15, 0.2) is 29.2 Å². The van der Waals surface area contributed by atoms with E-state index in [2.05, 4.69) is 10.0 Å². The highest BCUT2D eigenvalue weighted by atomic mass is 32.2. The van der Waals surface area contributed by atoms with Crippen molar-refractivity contribution in [3.63, 3.8) is 0 Å². The van der Waals surface area contributed by atoms with Gasteiger partial charge in [-0.05, 0) is 24.8 Å². The molecule has 0 aliphatic heterocycles. The molecule has 144 valence electrons. The summed E-state index contributed by atoms with van der Waals surface area (Å²) in [5.41, 5.74) is -0.518. The van der Waals surface area contributed by atoms with Gasteiger partial charge in [-0.2, -0.15) is 4.72 Å². The number of hydrogen-bond acceptors (Lipinski definition) is 5. The van der Waals surface area contributed by atoms with Gasteiger partial charge in [0.15, 0.2) is 4.90 Å². The van der Waals surface area contributed by atoms with Crippen molar-refractivity contribution < 1.29 is 18.1 Å². The van der Waals surface area contributed by atoms with Gasteiger partial charge in [0.05, 0.1) is 4.92 Å². The largest absolute Gasteiger partial charge is 0.352 e. The summed E-state index contributed by atoms with van der Waals surface area (Å²) in [5, 5.41) is 14.0. The van der Waals surface area contributed by atoms with Crippen LogP contribution in [-0.2, 0) is 14.8 Å². The van der Waals surface area contributed by atoms with Crippen LogP contribution >= 0.6 is 0 Å². The highest BCUT2D eigenvalue weighted by molar-refractivity contribution is 7.89. The van der Waals surface area contributed by atoms with Crippen molar-refractivity contribution in [2.75, 3.05) is 0 Å². The number of amides is 1. The number of nitrogens with one attached hydrogen (secondary N) is 2. The minimum absolute atomic E-state index is 0.0491. The molecule has 2 rings (SSSR count). The van der Waals surface area contributed by atoms with Crippen molar-refractivity contribution in [1.82, 2.24) is 10.0 Å². The van der Waals surface area contributed by atoms with Gasteiger partial charge in [-0.1, -0.05) is 45.2 Å². The molecule has 2 N–H and O–H groups in total. The van der Waals surface area contributed by atoms with Gasteiger partial charge in [0, 0.05) is 12.1 Å². The lowest BCUT2D eigenvalue weighted by atomic mass is 9.94. The third-order valence-corrected chi connectivity index (χ3v) is 6.02. The first-order valence-corrected chi connectivity index (χ1v) is 10.3. The van der Waals surface area contributed by atoms with Gasteiger partial charge < -0.3 is 5.32 Å². The number of sulfonamides is 1. The van der Waals surface area contributed by atoms with Crippen molar-refractivity contribution in [3.8, 4) is 0 Å². The van der Waals surface area contributed by atoms with Crippen LogP contribution in [0.5, 0.6) is 0 Å². The maximum atomic E-state index is 12.7. The third-order valence-electron chi connectivity index (χ3n) is 4.53. The van der Waals surface area contributed by atoms with Gasteiger partial charge in [0.25, 0.3) is 5.69 Å². The second-order valence-corrected chi connectivity index (χ2v) is 8.59. The number of nitro benzene ring substituents is 1. The fraction of sp³-hybridized carbons (Fsp3) is 0.588. The lowest BCUT2D eigenvalue weighted by molar-refractivity contribution is -0.387. The summed E-state index contributed by atoms with van der Waals surface area (Å²) in [4.78, 5) is 22.5. The molecule has 0 aromatic heterocycles. The molecule has 0 bridgehead atoms. The van der Waals surface area contributed by atoms with Crippen molar-refractivity contribution in [3.05, 3.63) is 34.4 Å². The fourth-order valence-corrected chi connectivity index (χ4v) is 4.61. The second-order valence-electron chi connectivity index (χ2n) is 6.91. The Balaban J connectivity index is 2.20. The lowest BCUT2D eigenvalue weighted by Crippen LogP contribution is -2.52. The summed E-state index contributed by atoms with van der Waals surface area (Å²) in [5.74, 6) is -0.704. The van der Waals surface area contributed by atoms with E-state index in [1.165, 1.54) is 12.1 Å². The molecule has 0 saturated heterocycles. The summed E-state index contributed by atoms with van der Waals surface area (Å²) >= 11 is 0. The molecule has 26 heavy (non-hydrogen) atoms. The van der Waals surface area contributed by atoms with Gasteiger partial charge in [-0.3, -0.25) is 14.9 Å². The van der Waals surface area contributed by atoms with Gasteiger partial charge >= 0.3 is 0 Å². The number of nitro groups is 1. The molecule has 1 aromatic carbocycles. The second kappa shape index (κ2) is 8.59. The number of carbonyl (C=O) groups is 1. The maximum Gasteiger partial charge on any atom is 0.289 e. The normalized spacial score (nSPS) is 17.0. The molecule has 1 fully saturated rings. The summed E-state index contributed by atoms with van der Waals surface area (Å²) < 4.78 is 27.7. The van der Waals surface area contributed by atoms with Crippen molar-refractivity contribution in [2.24, 2.45) is 5.92 Å². The van der Waals surface area contributed by atoms with E-state index in [4.69, 9.17) is 0 Å². The molecular formula is C17H25N3O5S. The Morgan fingerprint density at radius 2 is 1.81 bits per heavy atom. The van der Waals surface area contributed by atoms with Gasteiger partial charge in [-0.15, -0.1) is 0 Å². The molecule has 8 nitrogen and oxygen atoms in total. The summed E-state index contributed by atoms with van der Waals surface area (Å²) in [6.45, 7) is 3.46.